The van der Waals surface area contributed by atoms with Crippen molar-refractivity contribution >= 4 is 0 Å². The Bertz CT molecular complexity index is 304. The van der Waals surface area contributed by atoms with Gasteiger partial charge in [-0.05, 0) is 65.5 Å². The maximum Gasteiger partial charge on any atom is 0.0229 e. The summed E-state index contributed by atoms with van der Waals surface area (Å²) < 4.78 is 0. The molecular weight excluding hydrogens is 234 g/mol. The van der Waals surface area contributed by atoms with Crippen molar-refractivity contribution in [2.24, 2.45) is 5.92 Å². The fourth-order valence-corrected chi connectivity index (χ4v) is 4.36. The Morgan fingerprint density at radius 1 is 0.947 bits per heavy atom. The molecule has 4 aliphatic heterocycles. The molecule has 4 heterocycles. The van der Waals surface area contributed by atoms with Crippen LogP contribution in [0.1, 0.15) is 46.5 Å². The van der Waals surface area contributed by atoms with E-state index in [1.807, 2.05) is 0 Å². The van der Waals surface area contributed by atoms with Crippen molar-refractivity contribution < 1.29 is 0 Å². The lowest BCUT2D eigenvalue weighted by molar-refractivity contribution is -0.0689. The van der Waals surface area contributed by atoms with Crippen molar-refractivity contribution in [1.29, 1.82) is 0 Å². The molecule has 0 radical (unpaired) electrons. The van der Waals surface area contributed by atoms with E-state index in [0.29, 0.717) is 5.54 Å². The first-order valence-corrected chi connectivity index (χ1v) is 8.25. The van der Waals surface area contributed by atoms with E-state index in [0.717, 1.165) is 18.0 Å². The summed E-state index contributed by atoms with van der Waals surface area (Å²) in [6, 6.07) is 1.64. The van der Waals surface area contributed by atoms with Crippen molar-refractivity contribution in [3.63, 3.8) is 0 Å². The van der Waals surface area contributed by atoms with Gasteiger partial charge in [0.25, 0.3) is 0 Å². The number of hydrogen-bond acceptors (Lipinski definition) is 3. The first kappa shape index (κ1) is 13.8. The number of nitrogens with one attached hydrogen (secondary N) is 1. The molecular formula is C16H31N3. The minimum atomic E-state index is 0.351. The van der Waals surface area contributed by atoms with Gasteiger partial charge in [-0.2, -0.15) is 0 Å². The molecule has 0 aromatic carbocycles. The minimum absolute atomic E-state index is 0.351. The highest BCUT2D eigenvalue weighted by atomic mass is 15.3. The molecule has 4 fully saturated rings. The molecule has 0 spiro atoms. The van der Waals surface area contributed by atoms with E-state index in [-0.39, 0.29) is 0 Å². The average Bonchev–Trinajstić information content (AvgIpc) is 2.39. The maximum absolute atomic E-state index is 3.49. The number of nitrogens with zero attached hydrogens (tertiary/aromatic N) is 2. The van der Waals surface area contributed by atoms with Crippen molar-refractivity contribution in [1.82, 2.24) is 15.1 Å². The van der Waals surface area contributed by atoms with Crippen LogP contribution < -0.4 is 5.32 Å². The fraction of sp³-hybridized carbons (Fsp3) is 1.00. The lowest BCUT2D eigenvalue weighted by Gasteiger charge is -2.56. The number of piperidine rings is 3. The summed E-state index contributed by atoms with van der Waals surface area (Å²) in [5.41, 5.74) is 0.351. The van der Waals surface area contributed by atoms with Crippen LogP contribution in [0, 0.1) is 5.92 Å². The van der Waals surface area contributed by atoms with Crippen molar-refractivity contribution in [3.05, 3.63) is 0 Å². The van der Waals surface area contributed by atoms with Crippen molar-refractivity contribution in [3.8, 4) is 0 Å². The Balaban J connectivity index is 1.59. The highest BCUT2D eigenvalue weighted by Gasteiger charge is 2.43. The quantitative estimate of drug-likeness (QED) is 0.823. The third kappa shape index (κ3) is 2.98. The molecule has 2 atom stereocenters. The van der Waals surface area contributed by atoms with E-state index in [4.69, 9.17) is 0 Å². The van der Waals surface area contributed by atoms with E-state index < -0.39 is 0 Å². The Labute approximate surface area is 118 Å². The summed E-state index contributed by atoms with van der Waals surface area (Å²) in [5, 5.41) is 3.49. The molecule has 3 heteroatoms. The molecule has 0 aromatic heterocycles. The standard InChI is InChI=1S/C16H31N3/c1-16(2,3)19-12-14-4-5-15(19)11-18(14)10-13-6-8-17-9-7-13/h13-15,17H,4-12H2,1-3H3. The zero-order valence-electron chi connectivity index (χ0n) is 13.0. The van der Waals surface area contributed by atoms with Crippen LogP contribution in [0.2, 0.25) is 0 Å². The lowest BCUT2D eigenvalue weighted by atomic mass is 9.85. The average molecular weight is 265 g/mol. The zero-order chi connectivity index (χ0) is 13.5. The lowest BCUT2D eigenvalue weighted by Crippen LogP contribution is -2.67. The molecule has 0 saturated carbocycles. The van der Waals surface area contributed by atoms with Crippen LogP contribution in [0.25, 0.3) is 0 Å². The fourth-order valence-electron chi connectivity index (χ4n) is 4.36. The van der Waals surface area contributed by atoms with Crippen LogP contribution in [-0.4, -0.2) is 60.1 Å². The normalized spacial score (nSPS) is 34.9. The van der Waals surface area contributed by atoms with E-state index >= 15 is 0 Å². The van der Waals surface area contributed by atoms with Gasteiger partial charge in [-0.1, -0.05) is 0 Å². The number of hydrogen-bond donors (Lipinski definition) is 1. The van der Waals surface area contributed by atoms with Gasteiger partial charge >= 0.3 is 0 Å². The predicted molar refractivity (Wildman–Crippen MR) is 80.4 cm³/mol. The van der Waals surface area contributed by atoms with E-state index in [9.17, 15) is 0 Å². The van der Waals surface area contributed by atoms with E-state index in [1.54, 1.807) is 0 Å². The Morgan fingerprint density at radius 3 is 2.21 bits per heavy atom. The zero-order valence-corrected chi connectivity index (χ0v) is 13.0. The molecule has 4 saturated heterocycles. The van der Waals surface area contributed by atoms with Gasteiger partial charge in [0.1, 0.15) is 0 Å². The first-order valence-electron chi connectivity index (χ1n) is 8.25. The van der Waals surface area contributed by atoms with Crippen LogP contribution in [-0.2, 0) is 0 Å². The Morgan fingerprint density at radius 2 is 1.63 bits per heavy atom. The van der Waals surface area contributed by atoms with Crippen LogP contribution >= 0.6 is 0 Å². The smallest absolute Gasteiger partial charge is 0.0229 e. The Kier molecular flexibility index (Phi) is 3.89. The first-order chi connectivity index (χ1) is 9.04. The molecule has 0 aromatic rings. The molecule has 2 unspecified atom stereocenters. The summed E-state index contributed by atoms with van der Waals surface area (Å²) >= 11 is 0. The Hall–Kier alpha value is -0.120. The van der Waals surface area contributed by atoms with Gasteiger partial charge in [0.05, 0.1) is 0 Å². The van der Waals surface area contributed by atoms with Gasteiger partial charge in [-0.25, -0.2) is 0 Å². The van der Waals surface area contributed by atoms with Crippen LogP contribution in [0.3, 0.4) is 0 Å². The van der Waals surface area contributed by atoms with Gasteiger partial charge in [0.2, 0.25) is 0 Å². The summed E-state index contributed by atoms with van der Waals surface area (Å²) in [6.45, 7) is 13.6. The van der Waals surface area contributed by atoms with Crippen molar-refractivity contribution in [2.75, 3.05) is 32.7 Å². The third-order valence-corrected chi connectivity index (χ3v) is 5.46. The van der Waals surface area contributed by atoms with Gasteiger partial charge < -0.3 is 5.32 Å². The molecule has 19 heavy (non-hydrogen) atoms. The predicted octanol–water partition coefficient (Wildman–Crippen LogP) is 1.93. The van der Waals surface area contributed by atoms with Crippen molar-refractivity contribution in [2.45, 2.75) is 64.1 Å². The molecule has 4 aliphatic rings. The van der Waals surface area contributed by atoms with Crippen LogP contribution in [0.5, 0.6) is 0 Å². The van der Waals surface area contributed by atoms with Gasteiger partial charge in [-0.3, -0.25) is 9.80 Å². The third-order valence-electron chi connectivity index (χ3n) is 5.46. The molecule has 0 aliphatic carbocycles. The second-order valence-electron chi connectivity index (χ2n) is 7.86. The second kappa shape index (κ2) is 5.34. The summed E-state index contributed by atoms with van der Waals surface area (Å²) in [6.07, 6.45) is 5.63. The van der Waals surface area contributed by atoms with Crippen LogP contribution in [0.15, 0.2) is 0 Å². The van der Waals surface area contributed by atoms with E-state index in [1.165, 1.54) is 58.4 Å². The van der Waals surface area contributed by atoms with Crippen LogP contribution in [0.4, 0.5) is 0 Å². The SMILES string of the molecule is CC(C)(C)N1CC2CCC1CN2CC1CCNCC1. The topological polar surface area (TPSA) is 18.5 Å². The number of piperazine rings is 1. The van der Waals surface area contributed by atoms with E-state index in [2.05, 4.69) is 35.9 Å². The number of fused-ring (bicyclic) bond motifs is 3. The molecule has 4 rings (SSSR count). The largest absolute Gasteiger partial charge is 0.317 e. The number of rotatable bonds is 2. The second-order valence-corrected chi connectivity index (χ2v) is 7.86. The summed E-state index contributed by atoms with van der Waals surface area (Å²) in [5.74, 6) is 0.948. The highest BCUT2D eigenvalue weighted by Crippen LogP contribution is 2.34. The summed E-state index contributed by atoms with van der Waals surface area (Å²) in [4.78, 5) is 5.59. The maximum atomic E-state index is 3.49. The monoisotopic (exact) mass is 265 g/mol. The molecule has 110 valence electrons. The molecule has 1 N–H and O–H groups in total. The van der Waals surface area contributed by atoms with Gasteiger partial charge in [0, 0.05) is 37.3 Å². The highest BCUT2D eigenvalue weighted by molar-refractivity contribution is 4.99. The molecule has 0 amide bonds. The van der Waals surface area contributed by atoms with Gasteiger partial charge in [0.15, 0.2) is 0 Å². The van der Waals surface area contributed by atoms with Gasteiger partial charge in [-0.15, -0.1) is 0 Å². The minimum Gasteiger partial charge on any atom is -0.317 e. The molecule has 3 nitrogen and oxygen atoms in total. The summed E-state index contributed by atoms with van der Waals surface area (Å²) in [7, 11) is 0. The molecule has 2 bridgehead atoms.